The highest BCUT2D eigenvalue weighted by Gasteiger charge is 2.33. The highest BCUT2D eigenvalue weighted by atomic mass is 19.1. The van der Waals surface area contributed by atoms with E-state index in [2.05, 4.69) is 0 Å². The van der Waals surface area contributed by atoms with Crippen LogP contribution in [0.25, 0.3) is 0 Å². The molecule has 1 atom stereocenters. The highest BCUT2D eigenvalue weighted by Crippen LogP contribution is 2.37. The predicted molar refractivity (Wildman–Crippen MR) is 89.0 cm³/mol. The van der Waals surface area contributed by atoms with Gasteiger partial charge in [0.05, 0.1) is 20.3 Å². The standard InChI is InChI=1S/C19H20FNO3/c1-23-16-9-4-10-17(24-2)18(16)19(22)21-11-5-8-15(21)13-6-3-7-14(20)12-13/h3-4,6-7,9-10,12,15H,5,8,11H2,1-2H3/t15-/m1/s1. The number of likely N-dealkylation sites (tertiary alicyclic amines) is 1. The Morgan fingerprint density at radius 3 is 2.42 bits per heavy atom. The van der Waals surface area contributed by atoms with Crippen molar-refractivity contribution in [3.05, 3.63) is 59.4 Å². The number of carbonyl (C=O) groups is 1. The Kier molecular flexibility index (Phi) is 4.69. The van der Waals surface area contributed by atoms with Gasteiger partial charge >= 0.3 is 0 Å². The number of amides is 1. The lowest BCUT2D eigenvalue weighted by Crippen LogP contribution is -2.31. The van der Waals surface area contributed by atoms with Crippen molar-refractivity contribution in [2.75, 3.05) is 20.8 Å². The van der Waals surface area contributed by atoms with Gasteiger partial charge in [0.2, 0.25) is 0 Å². The molecular weight excluding hydrogens is 309 g/mol. The van der Waals surface area contributed by atoms with E-state index in [9.17, 15) is 9.18 Å². The largest absolute Gasteiger partial charge is 0.496 e. The molecule has 0 saturated carbocycles. The first kappa shape index (κ1) is 16.3. The molecular formula is C19H20FNO3. The third-order valence-electron chi connectivity index (χ3n) is 4.39. The molecule has 5 heteroatoms. The molecule has 1 fully saturated rings. The maximum Gasteiger partial charge on any atom is 0.261 e. The van der Waals surface area contributed by atoms with Crippen molar-refractivity contribution in [1.29, 1.82) is 0 Å². The molecule has 0 N–H and O–H groups in total. The first-order valence-corrected chi connectivity index (χ1v) is 7.93. The molecule has 1 aliphatic heterocycles. The van der Waals surface area contributed by atoms with Crippen LogP contribution in [-0.4, -0.2) is 31.6 Å². The first-order valence-electron chi connectivity index (χ1n) is 7.93. The second-order valence-corrected chi connectivity index (χ2v) is 5.75. The monoisotopic (exact) mass is 329 g/mol. The Morgan fingerprint density at radius 2 is 1.79 bits per heavy atom. The topological polar surface area (TPSA) is 38.8 Å². The number of rotatable bonds is 4. The van der Waals surface area contributed by atoms with Gasteiger partial charge in [0.1, 0.15) is 22.9 Å². The van der Waals surface area contributed by atoms with Crippen LogP contribution < -0.4 is 9.47 Å². The van der Waals surface area contributed by atoms with E-state index in [1.54, 1.807) is 29.2 Å². The fourth-order valence-corrected chi connectivity index (χ4v) is 3.28. The normalized spacial score (nSPS) is 17.0. The summed E-state index contributed by atoms with van der Waals surface area (Å²) in [4.78, 5) is 14.9. The second-order valence-electron chi connectivity index (χ2n) is 5.75. The summed E-state index contributed by atoms with van der Waals surface area (Å²) >= 11 is 0. The van der Waals surface area contributed by atoms with Gasteiger partial charge in [-0.25, -0.2) is 4.39 Å². The summed E-state index contributed by atoms with van der Waals surface area (Å²) in [7, 11) is 3.05. The molecule has 0 aliphatic carbocycles. The Hall–Kier alpha value is -2.56. The molecule has 0 bridgehead atoms. The average Bonchev–Trinajstić information content (AvgIpc) is 3.10. The van der Waals surface area contributed by atoms with Crippen molar-refractivity contribution in [2.45, 2.75) is 18.9 Å². The lowest BCUT2D eigenvalue weighted by molar-refractivity contribution is 0.0728. The SMILES string of the molecule is COc1cccc(OC)c1C(=O)N1CCC[C@@H]1c1cccc(F)c1. The van der Waals surface area contributed by atoms with Crippen LogP contribution in [-0.2, 0) is 0 Å². The van der Waals surface area contributed by atoms with E-state index in [0.717, 1.165) is 18.4 Å². The number of methoxy groups -OCH3 is 2. The van der Waals surface area contributed by atoms with Crippen LogP contribution in [0.3, 0.4) is 0 Å². The molecule has 0 unspecified atom stereocenters. The summed E-state index contributed by atoms with van der Waals surface area (Å²) in [5, 5.41) is 0. The predicted octanol–water partition coefficient (Wildman–Crippen LogP) is 3.82. The Bertz CT molecular complexity index is 725. The van der Waals surface area contributed by atoms with Crippen LogP contribution in [0.5, 0.6) is 11.5 Å². The van der Waals surface area contributed by atoms with E-state index in [1.807, 2.05) is 6.07 Å². The number of benzene rings is 2. The van der Waals surface area contributed by atoms with Crippen LogP contribution in [0, 0.1) is 5.82 Å². The van der Waals surface area contributed by atoms with E-state index in [0.29, 0.717) is 23.6 Å². The van der Waals surface area contributed by atoms with Gasteiger partial charge in [0, 0.05) is 6.54 Å². The van der Waals surface area contributed by atoms with Crippen LogP contribution in [0.15, 0.2) is 42.5 Å². The van der Waals surface area contributed by atoms with Gasteiger partial charge in [-0.05, 0) is 42.7 Å². The van der Waals surface area contributed by atoms with Gasteiger partial charge in [-0.3, -0.25) is 4.79 Å². The molecule has 4 nitrogen and oxygen atoms in total. The maximum absolute atomic E-state index is 13.6. The Balaban J connectivity index is 1.98. The van der Waals surface area contributed by atoms with Crippen molar-refractivity contribution >= 4 is 5.91 Å². The van der Waals surface area contributed by atoms with Crippen molar-refractivity contribution < 1.29 is 18.7 Å². The third kappa shape index (κ3) is 2.94. The van der Waals surface area contributed by atoms with Crippen LogP contribution in [0.1, 0.15) is 34.8 Å². The quantitative estimate of drug-likeness (QED) is 0.856. The second kappa shape index (κ2) is 6.91. The maximum atomic E-state index is 13.6. The zero-order valence-corrected chi connectivity index (χ0v) is 13.8. The molecule has 2 aromatic rings. The molecule has 2 aromatic carbocycles. The van der Waals surface area contributed by atoms with Gasteiger partial charge in [0.25, 0.3) is 5.91 Å². The summed E-state index contributed by atoms with van der Waals surface area (Å²) in [6.45, 7) is 0.626. The minimum absolute atomic E-state index is 0.136. The summed E-state index contributed by atoms with van der Waals surface area (Å²) in [6, 6.07) is 11.6. The molecule has 1 aliphatic rings. The number of hydrogen-bond acceptors (Lipinski definition) is 3. The molecule has 3 rings (SSSR count). The molecule has 1 heterocycles. The zero-order valence-electron chi connectivity index (χ0n) is 13.8. The Morgan fingerprint density at radius 1 is 1.12 bits per heavy atom. The summed E-state index contributed by atoms with van der Waals surface area (Å²) < 4.78 is 24.2. The van der Waals surface area contributed by atoms with Gasteiger partial charge in [-0.15, -0.1) is 0 Å². The lowest BCUT2D eigenvalue weighted by atomic mass is 10.0. The first-order chi connectivity index (χ1) is 11.7. The van der Waals surface area contributed by atoms with E-state index in [1.165, 1.54) is 26.4 Å². The minimum Gasteiger partial charge on any atom is -0.496 e. The number of carbonyl (C=O) groups excluding carboxylic acids is 1. The van der Waals surface area contributed by atoms with Crippen molar-refractivity contribution in [3.8, 4) is 11.5 Å². The molecule has 0 aromatic heterocycles. The van der Waals surface area contributed by atoms with E-state index >= 15 is 0 Å². The van der Waals surface area contributed by atoms with Gasteiger partial charge in [-0.2, -0.15) is 0 Å². The van der Waals surface area contributed by atoms with Crippen LogP contribution in [0.2, 0.25) is 0 Å². The summed E-state index contributed by atoms with van der Waals surface area (Å²) in [5.41, 5.74) is 1.22. The van der Waals surface area contributed by atoms with E-state index in [-0.39, 0.29) is 17.8 Å². The summed E-state index contributed by atoms with van der Waals surface area (Å²) in [5.74, 6) is 0.506. The summed E-state index contributed by atoms with van der Waals surface area (Å²) in [6.07, 6.45) is 1.69. The van der Waals surface area contributed by atoms with Gasteiger partial charge in [0.15, 0.2) is 0 Å². The van der Waals surface area contributed by atoms with Gasteiger partial charge < -0.3 is 14.4 Å². The molecule has 24 heavy (non-hydrogen) atoms. The number of ether oxygens (including phenoxy) is 2. The number of hydrogen-bond donors (Lipinski definition) is 0. The zero-order chi connectivity index (χ0) is 17.1. The van der Waals surface area contributed by atoms with Gasteiger partial charge in [-0.1, -0.05) is 18.2 Å². The lowest BCUT2D eigenvalue weighted by Gasteiger charge is -2.26. The molecule has 1 saturated heterocycles. The number of nitrogens with zero attached hydrogens (tertiary/aromatic N) is 1. The Labute approximate surface area is 140 Å². The third-order valence-corrected chi connectivity index (χ3v) is 4.39. The fourth-order valence-electron chi connectivity index (χ4n) is 3.28. The number of halogens is 1. The highest BCUT2D eigenvalue weighted by molar-refractivity contribution is 6.00. The minimum atomic E-state index is -0.290. The van der Waals surface area contributed by atoms with Crippen molar-refractivity contribution in [2.24, 2.45) is 0 Å². The van der Waals surface area contributed by atoms with E-state index in [4.69, 9.17) is 9.47 Å². The van der Waals surface area contributed by atoms with Crippen molar-refractivity contribution in [1.82, 2.24) is 4.90 Å². The molecule has 1 amide bonds. The van der Waals surface area contributed by atoms with Crippen molar-refractivity contribution in [3.63, 3.8) is 0 Å². The molecule has 0 radical (unpaired) electrons. The fraction of sp³-hybridized carbons (Fsp3) is 0.316. The van der Waals surface area contributed by atoms with Crippen LogP contribution >= 0.6 is 0 Å². The smallest absolute Gasteiger partial charge is 0.261 e. The van der Waals surface area contributed by atoms with Crippen LogP contribution in [0.4, 0.5) is 4.39 Å². The average molecular weight is 329 g/mol. The van der Waals surface area contributed by atoms with E-state index < -0.39 is 0 Å². The molecule has 0 spiro atoms. The molecule has 126 valence electrons.